The Kier molecular flexibility index (Phi) is 11.0. The first-order valence-corrected chi connectivity index (χ1v) is 3.87. The first-order chi connectivity index (χ1) is 4.43. The molecule has 1 atom stereocenters. The minimum Gasteiger partial charge on any atom is -0.315 e. The van der Waals surface area contributed by atoms with Crippen LogP contribution in [0.15, 0.2) is 0 Å². The molecule has 0 amide bonds. The highest BCUT2D eigenvalue weighted by atomic mass is 35.5. The van der Waals surface area contributed by atoms with E-state index in [2.05, 4.69) is 17.6 Å². The normalized spacial score (nSPS) is 23.2. The van der Waals surface area contributed by atoms with Crippen LogP contribution in [-0.2, 0) is 0 Å². The van der Waals surface area contributed by atoms with Crippen molar-refractivity contribution in [1.29, 1.82) is 0 Å². The monoisotopic (exact) mass is 200 g/mol. The molecule has 0 bridgehead atoms. The quantitative estimate of drug-likeness (QED) is 0.701. The number of hydrogen-bond donors (Lipinski definition) is 2. The number of likely N-dealkylation sites (N-methyl/N-ethyl adjacent to an activating group) is 1. The van der Waals surface area contributed by atoms with E-state index in [-0.39, 0.29) is 24.8 Å². The molecule has 0 aromatic carbocycles. The van der Waals surface area contributed by atoms with Gasteiger partial charge in [-0.2, -0.15) is 0 Å². The molecule has 1 rings (SSSR count). The number of hydrogen-bond acceptors (Lipinski definition) is 2. The van der Waals surface area contributed by atoms with Crippen LogP contribution in [-0.4, -0.2) is 25.7 Å². The van der Waals surface area contributed by atoms with Crippen molar-refractivity contribution < 1.29 is 0 Å². The predicted molar refractivity (Wildman–Crippen MR) is 54.1 cm³/mol. The Morgan fingerprint density at radius 1 is 1.45 bits per heavy atom. The van der Waals surface area contributed by atoms with Gasteiger partial charge in [0, 0.05) is 12.6 Å². The van der Waals surface area contributed by atoms with E-state index in [9.17, 15) is 0 Å². The van der Waals surface area contributed by atoms with Gasteiger partial charge in [-0.15, -0.1) is 24.8 Å². The molecule has 0 saturated carbocycles. The Morgan fingerprint density at radius 2 is 2.18 bits per heavy atom. The van der Waals surface area contributed by atoms with Crippen molar-refractivity contribution in [2.45, 2.75) is 25.8 Å². The zero-order valence-corrected chi connectivity index (χ0v) is 8.56. The van der Waals surface area contributed by atoms with Crippen LogP contribution < -0.4 is 10.6 Å². The summed E-state index contributed by atoms with van der Waals surface area (Å²) in [5.74, 6) is 0. The lowest BCUT2D eigenvalue weighted by atomic mass is 10.1. The van der Waals surface area contributed by atoms with Gasteiger partial charge in [-0.25, -0.2) is 0 Å². The van der Waals surface area contributed by atoms with Crippen LogP contribution in [0.4, 0.5) is 0 Å². The molecule has 0 aromatic rings. The van der Waals surface area contributed by atoms with E-state index < -0.39 is 0 Å². The maximum Gasteiger partial charge on any atom is 0.0192 e. The number of halogens is 2. The first-order valence-electron chi connectivity index (χ1n) is 3.87. The maximum atomic E-state index is 3.42. The Bertz CT molecular complexity index is 72.1. The Labute approximate surface area is 81.3 Å². The van der Waals surface area contributed by atoms with Crippen LogP contribution >= 0.6 is 24.8 Å². The highest BCUT2D eigenvalue weighted by Crippen LogP contribution is 1.99. The summed E-state index contributed by atoms with van der Waals surface area (Å²) in [5, 5.41) is 6.78. The van der Waals surface area contributed by atoms with E-state index >= 15 is 0 Å². The summed E-state index contributed by atoms with van der Waals surface area (Å²) in [6, 6.07) is 0.740. The van der Waals surface area contributed by atoms with Crippen molar-refractivity contribution in [3.05, 3.63) is 0 Å². The van der Waals surface area contributed by atoms with E-state index in [1.54, 1.807) is 0 Å². The second kappa shape index (κ2) is 8.60. The van der Waals surface area contributed by atoms with E-state index in [1.807, 2.05) is 0 Å². The van der Waals surface area contributed by atoms with Gasteiger partial charge in [-0.1, -0.05) is 6.92 Å². The topological polar surface area (TPSA) is 24.1 Å². The van der Waals surface area contributed by atoms with E-state index in [1.165, 1.54) is 19.4 Å². The molecular weight excluding hydrogens is 183 g/mol. The lowest BCUT2D eigenvalue weighted by Crippen LogP contribution is -2.42. The Morgan fingerprint density at radius 3 is 2.64 bits per heavy atom. The molecular formula is C7H18Cl2N2. The highest BCUT2D eigenvalue weighted by molar-refractivity contribution is 5.85. The van der Waals surface area contributed by atoms with Gasteiger partial charge in [-0.05, 0) is 25.9 Å². The summed E-state index contributed by atoms with van der Waals surface area (Å²) in [7, 11) is 0. The van der Waals surface area contributed by atoms with Gasteiger partial charge < -0.3 is 10.6 Å². The molecule has 0 radical (unpaired) electrons. The van der Waals surface area contributed by atoms with Crippen LogP contribution in [0.25, 0.3) is 0 Å². The molecule has 0 spiro atoms. The van der Waals surface area contributed by atoms with Crippen molar-refractivity contribution >= 4 is 24.8 Å². The van der Waals surface area contributed by atoms with Crippen molar-refractivity contribution in [2.75, 3.05) is 19.6 Å². The molecule has 1 saturated heterocycles. The fourth-order valence-corrected chi connectivity index (χ4v) is 1.31. The SMILES string of the molecule is CCNC1CCCNC1.Cl.Cl. The smallest absolute Gasteiger partial charge is 0.0192 e. The molecule has 1 aliphatic rings. The van der Waals surface area contributed by atoms with Gasteiger partial charge in [0.15, 0.2) is 0 Å². The van der Waals surface area contributed by atoms with Gasteiger partial charge in [0.2, 0.25) is 0 Å². The standard InChI is InChI=1S/C7H16N2.2ClH/c1-2-9-7-4-3-5-8-6-7;;/h7-9H,2-6H2,1H3;2*1H. The summed E-state index contributed by atoms with van der Waals surface area (Å²) in [4.78, 5) is 0. The van der Waals surface area contributed by atoms with Crippen molar-refractivity contribution in [2.24, 2.45) is 0 Å². The molecule has 4 heteroatoms. The van der Waals surface area contributed by atoms with Gasteiger partial charge in [-0.3, -0.25) is 0 Å². The lowest BCUT2D eigenvalue weighted by molar-refractivity contribution is 0.397. The summed E-state index contributed by atoms with van der Waals surface area (Å²) < 4.78 is 0. The second-order valence-electron chi connectivity index (χ2n) is 2.60. The number of rotatable bonds is 2. The summed E-state index contributed by atoms with van der Waals surface area (Å²) in [6.07, 6.45) is 2.68. The van der Waals surface area contributed by atoms with Gasteiger partial charge in [0.05, 0.1) is 0 Å². The van der Waals surface area contributed by atoms with Gasteiger partial charge in [0.25, 0.3) is 0 Å². The average molecular weight is 201 g/mol. The van der Waals surface area contributed by atoms with Crippen molar-refractivity contribution in [1.82, 2.24) is 10.6 Å². The summed E-state index contributed by atoms with van der Waals surface area (Å²) in [6.45, 7) is 5.64. The average Bonchev–Trinajstić information content (AvgIpc) is 1.91. The maximum absolute atomic E-state index is 3.42. The van der Waals surface area contributed by atoms with Crippen molar-refractivity contribution in [3.63, 3.8) is 0 Å². The lowest BCUT2D eigenvalue weighted by Gasteiger charge is -2.22. The van der Waals surface area contributed by atoms with Crippen LogP contribution in [0.2, 0.25) is 0 Å². The predicted octanol–water partition coefficient (Wildman–Crippen LogP) is 1.19. The second-order valence-corrected chi connectivity index (χ2v) is 2.60. The first kappa shape index (κ1) is 14.0. The molecule has 2 N–H and O–H groups in total. The zero-order chi connectivity index (χ0) is 6.53. The van der Waals surface area contributed by atoms with Crippen molar-refractivity contribution in [3.8, 4) is 0 Å². The third-order valence-corrected chi connectivity index (χ3v) is 1.79. The van der Waals surface area contributed by atoms with Crippen LogP contribution in [0.3, 0.4) is 0 Å². The van der Waals surface area contributed by atoms with Crippen LogP contribution in [0.5, 0.6) is 0 Å². The molecule has 70 valence electrons. The zero-order valence-electron chi connectivity index (χ0n) is 6.93. The summed E-state index contributed by atoms with van der Waals surface area (Å²) >= 11 is 0. The fraction of sp³-hybridized carbons (Fsp3) is 1.00. The molecule has 1 heterocycles. The third-order valence-electron chi connectivity index (χ3n) is 1.79. The fourth-order valence-electron chi connectivity index (χ4n) is 1.31. The number of nitrogens with one attached hydrogen (secondary N) is 2. The van der Waals surface area contributed by atoms with Crippen LogP contribution in [0.1, 0.15) is 19.8 Å². The minimum absolute atomic E-state index is 0. The molecule has 0 aromatic heterocycles. The summed E-state index contributed by atoms with van der Waals surface area (Å²) in [5.41, 5.74) is 0. The highest BCUT2D eigenvalue weighted by Gasteiger charge is 2.09. The molecule has 11 heavy (non-hydrogen) atoms. The Hall–Kier alpha value is 0.500. The number of piperidine rings is 1. The minimum atomic E-state index is 0. The largest absolute Gasteiger partial charge is 0.315 e. The molecule has 1 aliphatic heterocycles. The molecule has 1 fully saturated rings. The van der Waals surface area contributed by atoms with E-state index in [0.29, 0.717) is 0 Å². The van der Waals surface area contributed by atoms with Gasteiger partial charge in [0.1, 0.15) is 0 Å². The molecule has 0 aliphatic carbocycles. The Balaban J connectivity index is 0. The van der Waals surface area contributed by atoms with E-state index in [4.69, 9.17) is 0 Å². The molecule has 2 nitrogen and oxygen atoms in total. The van der Waals surface area contributed by atoms with E-state index in [0.717, 1.165) is 19.1 Å². The van der Waals surface area contributed by atoms with Gasteiger partial charge >= 0.3 is 0 Å². The van der Waals surface area contributed by atoms with Crippen LogP contribution in [0, 0.1) is 0 Å². The molecule has 1 unspecified atom stereocenters. The third kappa shape index (κ3) is 5.74.